The molecule has 1 saturated heterocycles. The molecule has 0 saturated carbocycles. The molecule has 24 heavy (non-hydrogen) atoms. The summed E-state index contributed by atoms with van der Waals surface area (Å²) < 4.78 is 6.18. The van der Waals surface area contributed by atoms with Crippen LogP contribution in [0.25, 0.3) is 0 Å². The first-order valence-corrected chi connectivity index (χ1v) is 9.65. The first kappa shape index (κ1) is 17.5. The summed E-state index contributed by atoms with van der Waals surface area (Å²) in [6, 6.07) is 5.54. The average molecular weight is 385 g/mol. The fraction of sp³-hybridized carbons (Fsp3) is 0.400. The van der Waals surface area contributed by atoms with Crippen LogP contribution in [-0.4, -0.2) is 48.2 Å². The Bertz CT molecular complexity index is 719. The maximum absolute atomic E-state index is 12.3. The largest absolute Gasteiger partial charge is 0.378 e. The van der Waals surface area contributed by atoms with Gasteiger partial charge in [-0.05, 0) is 19.1 Å². The number of amides is 1. The number of aromatic nitrogens is 2. The second-order valence-corrected chi connectivity index (χ2v) is 7.97. The number of morpholine rings is 1. The van der Waals surface area contributed by atoms with Crippen molar-refractivity contribution >= 4 is 52.0 Å². The van der Waals surface area contributed by atoms with Crippen molar-refractivity contribution in [3.8, 4) is 0 Å². The van der Waals surface area contributed by atoms with E-state index in [9.17, 15) is 4.79 Å². The van der Waals surface area contributed by atoms with Crippen LogP contribution in [0.5, 0.6) is 0 Å². The van der Waals surface area contributed by atoms with Gasteiger partial charge in [0, 0.05) is 13.1 Å². The lowest BCUT2D eigenvalue weighted by molar-refractivity contribution is -0.113. The van der Waals surface area contributed by atoms with Crippen molar-refractivity contribution in [2.75, 3.05) is 42.3 Å². The third kappa shape index (κ3) is 4.38. The summed E-state index contributed by atoms with van der Waals surface area (Å²) in [4.78, 5) is 14.4. The van der Waals surface area contributed by atoms with Gasteiger partial charge < -0.3 is 15.0 Å². The van der Waals surface area contributed by atoms with Gasteiger partial charge in [0.05, 0.1) is 35.4 Å². The van der Waals surface area contributed by atoms with Crippen molar-refractivity contribution in [2.45, 2.75) is 11.3 Å². The SMILES string of the molecule is Cc1nnc(SCC(=O)Nc2cccc(Cl)c2N2CCOCC2)s1. The normalized spacial score (nSPS) is 14.7. The molecule has 1 aliphatic heterocycles. The van der Waals surface area contributed by atoms with Gasteiger partial charge in [-0.3, -0.25) is 4.79 Å². The molecule has 1 amide bonds. The van der Waals surface area contributed by atoms with Crippen molar-refractivity contribution < 1.29 is 9.53 Å². The van der Waals surface area contributed by atoms with E-state index < -0.39 is 0 Å². The van der Waals surface area contributed by atoms with E-state index in [1.54, 1.807) is 0 Å². The fourth-order valence-corrected chi connectivity index (χ4v) is 4.28. The highest BCUT2D eigenvalue weighted by atomic mass is 35.5. The molecule has 3 rings (SSSR count). The number of carbonyl (C=O) groups excluding carboxylic acids is 1. The van der Waals surface area contributed by atoms with Gasteiger partial charge in [-0.1, -0.05) is 40.8 Å². The molecule has 0 aliphatic carbocycles. The number of benzene rings is 1. The van der Waals surface area contributed by atoms with Gasteiger partial charge in [0.25, 0.3) is 0 Å². The molecule has 2 aromatic rings. The molecule has 0 bridgehead atoms. The zero-order chi connectivity index (χ0) is 16.9. The molecule has 6 nitrogen and oxygen atoms in total. The van der Waals surface area contributed by atoms with Crippen molar-refractivity contribution in [1.82, 2.24) is 10.2 Å². The number of nitrogens with zero attached hydrogens (tertiary/aromatic N) is 3. The van der Waals surface area contributed by atoms with Crippen LogP contribution in [0, 0.1) is 6.92 Å². The Hall–Kier alpha value is -1.35. The molecule has 1 fully saturated rings. The van der Waals surface area contributed by atoms with E-state index in [0.717, 1.165) is 33.8 Å². The van der Waals surface area contributed by atoms with Crippen molar-refractivity contribution in [2.24, 2.45) is 0 Å². The molecule has 0 unspecified atom stereocenters. The highest BCUT2D eigenvalue weighted by Gasteiger charge is 2.19. The van der Waals surface area contributed by atoms with E-state index in [2.05, 4.69) is 20.4 Å². The molecular formula is C15H17ClN4O2S2. The van der Waals surface area contributed by atoms with Crippen LogP contribution in [0.3, 0.4) is 0 Å². The summed E-state index contributed by atoms with van der Waals surface area (Å²) in [6.07, 6.45) is 0. The first-order valence-electron chi connectivity index (χ1n) is 7.47. The number of anilines is 2. The summed E-state index contributed by atoms with van der Waals surface area (Å²) in [5.41, 5.74) is 1.58. The molecule has 1 N–H and O–H groups in total. The van der Waals surface area contributed by atoms with E-state index in [0.29, 0.717) is 18.2 Å². The van der Waals surface area contributed by atoms with Gasteiger partial charge in [-0.2, -0.15) is 0 Å². The number of nitrogens with one attached hydrogen (secondary N) is 1. The van der Waals surface area contributed by atoms with Crippen LogP contribution >= 0.6 is 34.7 Å². The number of halogens is 1. The summed E-state index contributed by atoms with van der Waals surface area (Å²) in [5.74, 6) is 0.189. The predicted octanol–water partition coefficient (Wildman–Crippen LogP) is 3.07. The minimum absolute atomic E-state index is 0.0929. The standard InChI is InChI=1S/C15H17ClN4O2S2/c1-10-18-19-15(24-10)23-9-13(21)17-12-4-2-3-11(16)14(12)20-5-7-22-8-6-20/h2-4H,5-9H2,1H3,(H,17,21). The van der Waals surface area contributed by atoms with Crippen molar-refractivity contribution in [3.63, 3.8) is 0 Å². The Labute approximate surface area is 153 Å². The molecule has 128 valence electrons. The second kappa shape index (κ2) is 8.15. The van der Waals surface area contributed by atoms with Crippen molar-refractivity contribution in [1.29, 1.82) is 0 Å². The number of hydrogen-bond donors (Lipinski definition) is 1. The minimum atomic E-state index is -0.0929. The van der Waals surface area contributed by atoms with Crippen LogP contribution in [0.2, 0.25) is 5.02 Å². The molecular weight excluding hydrogens is 368 g/mol. The van der Waals surface area contributed by atoms with E-state index in [-0.39, 0.29) is 11.7 Å². The smallest absolute Gasteiger partial charge is 0.234 e. The third-order valence-electron chi connectivity index (χ3n) is 3.42. The summed E-state index contributed by atoms with van der Waals surface area (Å²) in [6.45, 7) is 4.72. The maximum Gasteiger partial charge on any atom is 0.234 e. The monoisotopic (exact) mass is 384 g/mol. The number of para-hydroxylation sites is 1. The van der Waals surface area contributed by atoms with Gasteiger partial charge in [0.15, 0.2) is 4.34 Å². The third-order valence-corrected chi connectivity index (χ3v) is 5.70. The lowest BCUT2D eigenvalue weighted by Gasteiger charge is -2.31. The van der Waals surface area contributed by atoms with E-state index in [1.165, 1.54) is 23.1 Å². The van der Waals surface area contributed by atoms with E-state index >= 15 is 0 Å². The quantitative estimate of drug-likeness (QED) is 0.799. The molecule has 1 aliphatic rings. The Morgan fingerprint density at radius 3 is 2.92 bits per heavy atom. The van der Waals surface area contributed by atoms with Gasteiger partial charge in [-0.25, -0.2) is 0 Å². The average Bonchev–Trinajstić information content (AvgIpc) is 2.99. The van der Waals surface area contributed by atoms with Crippen LogP contribution < -0.4 is 10.2 Å². The predicted molar refractivity (Wildman–Crippen MR) is 98.5 cm³/mol. The van der Waals surface area contributed by atoms with Crippen LogP contribution in [0.1, 0.15) is 5.01 Å². The van der Waals surface area contributed by atoms with Crippen LogP contribution in [0.4, 0.5) is 11.4 Å². The van der Waals surface area contributed by atoms with E-state index in [1.807, 2.05) is 25.1 Å². The number of ether oxygens (including phenoxy) is 1. The Morgan fingerprint density at radius 2 is 2.21 bits per heavy atom. The lowest BCUT2D eigenvalue weighted by atomic mass is 10.2. The molecule has 0 atom stereocenters. The summed E-state index contributed by atoms with van der Waals surface area (Å²) in [7, 11) is 0. The molecule has 0 radical (unpaired) electrons. The molecule has 9 heteroatoms. The number of hydrogen-bond acceptors (Lipinski definition) is 7. The molecule has 2 heterocycles. The van der Waals surface area contributed by atoms with Gasteiger partial charge in [-0.15, -0.1) is 10.2 Å². The van der Waals surface area contributed by atoms with E-state index in [4.69, 9.17) is 16.3 Å². The molecule has 0 spiro atoms. The maximum atomic E-state index is 12.3. The Balaban J connectivity index is 1.67. The zero-order valence-electron chi connectivity index (χ0n) is 13.1. The highest BCUT2D eigenvalue weighted by molar-refractivity contribution is 8.01. The number of carbonyl (C=O) groups is 1. The summed E-state index contributed by atoms with van der Waals surface area (Å²) in [5, 5.41) is 12.4. The number of rotatable bonds is 5. The van der Waals surface area contributed by atoms with Gasteiger partial charge >= 0.3 is 0 Å². The topological polar surface area (TPSA) is 67.4 Å². The second-order valence-electron chi connectivity index (χ2n) is 5.16. The van der Waals surface area contributed by atoms with Crippen LogP contribution in [0.15, 0.2) is 22.5 Å². The molecule has 1 aromatic heterocycles. The molecule has 1 aromatic carbocycles. The van der Waals surface area contributed by atoms with Crippen LogP contribution in [-0.2, 0) is 9.53 Å². The van der Waals surface area contributed by atoms with Crippen molar-refractivity contribution in [3.05, 3.63) is 28.2 Å². The Kier molecular flexibility index (Phi) is 5.94. The Morgan fingerprint density at radius 1 is 1.42 bits per heavy atom. The first-order chi connectivity index (χ1) is 11.6. The minimum Gasteiger partial charge on any atom is -0.378 e. The highest BCUT2D eigenvalue weighted by Crippen LogP contribution is 2.34. The zero-order valence-corrected chi connectivity index (χ0v) is 15.5. The number of thioether (sulfide) groups is 1. The van der Waals surface area contributed by atoms with Gasteiger partial charge in [0.2, 0.25) is 5.91 Å². The number of aryl methyl sites for hydroxylation is 1. The fourth-order valence-electron chi connectivity index (χ4n) is 2.37. The summed E-state index contributed by atoms with van der Waals surface area (Å²) >= 11 is 9.23. The van der Waals surface area contributed by atoms with Gasteiger partial charge in [0.1, 0.15) is 5.01 Å². The lowest BCUT2D eigenvalue weighted by Crippen LogP contribution is -2.37.